The van der Waals surface area contributed by atoms with Gasteiger partial charge in [0, 0.05) is 45.2 Å². The maximum atomic E-state index is 6.96. The van der Waals surface area contributed by atoms with Gasteiger partial charge in [-0.1, -0.05) is 35.9 Å². The molecule has 6 heterocycles. The summed E-state index contributed by atoms with van der Waals surface area (Å²) in [6, 6.07) is 21.8. The highest BCUT2D eigenvalue weighted by atomic mass is 35.5. The van der Waals surface area contributed by atoms with Gasteiger partial charge in [0.1, 0.15) is 17.4 Å². The second-order valence-electron chi connectivity index (χ2n) is 12.5. The number of aromatic nitrogens is 5. The van der Waals surface area contributed by atoms with Gasteiger partial charge in [0.15, 0.2) is 6.10 Å². The number of hydrogen-bond acceptors (Lipinski definition) is 5. The zero-order valence-electron chi connectivity index (χ0n) is 25.0. The molecule has 3 unspecified atom stereocenters. The summed E-state index contributed by atoms with van der Waals surface area (Å²) >= 11 is 6.33. The summed E-state index contributed by atoms with van der Waals surface area (Å²) in [6.45, 7) is 2.08. The highest BCUT2D eigenvalue weighted by Crippen LogP contribution is 2.50. The molecule has 2 saturated heterocycles. The van der Waals surface area contributed by atoms with Gasteiger partial charge >= 0.3 is 0 Å². The quantitative estimate of drug-likeness (QED) is 0.160. The summed E-state index contributed by atoms with van der Waals surface area (Å²) in [4.78, 5) is 16.6. The fourth-order valence-electron chi connectivity index (χ4n) is 7.43. The number of benzene rings is 3. The molecule has 0 radical (unpaired) electrons. The summed E-state index contributed by atoms with van der Waals surface area (Å²) in [5, 5.41) is 8.95. The van der Waals surface area contributed by atoms with Gasteiger partial charge in [-0.15, -0.1) is 0 Å². The predicted molar refractivity (Wildman–Crippen MR) is 177 cm³/mol. The molecule has 0 spiro atoms. The van der Waals surface area contributed by atoms with Gasteiger partial charge in [-0.05, 0) is 80.7 Å². The van der Waals surface area contributed by atoms with E-state index in [0.717, 1.165) is 99.1 Å². The first-order valence-corrected chi connectivity index (χ1v) is 16.2. The van der Waals surface area contributed by atoms with Gasteiger partial charge in [-0.25, -0.2) is 9.97 Å². The lowest BCUT2D eigenvalue weighted by atomic mass is 9.91. The Kier molecular flexibility index (Phi) is 6.37. The topological polar surface area (TPSA) is 95.6 Å². The van der Waals surface area contributed by atoms with Crippen LogP contribution in [0.15, 0.2) is 73.1 Å². The van der Waals surface area contributed by atoms with E-state index in [1.54, 1.807) is 0 Å². The second-order valence-corrected chi connectivity index (χ2v) is 12.9. The highest BCUT2D eigenvalue weighted by molar-refractivity contribution is 6.30. The number of rotatable bonds is 5. The van der Waals surface area contributed by atoms with Crippen LogP contribution in [0.4, 0.5) is 0 Å². The maximum absolute atomic E-state index is 6.96. The molecule has 0 aliphatic carbocycles. The van der Waals surface area contributed by atoms with Crippen molar-refractivity contribution >= 4 is 22.5 Å². The minimum atomic E-state index is -0.306. The van der Waals surface area contributed by atoms with Crippen molar-refractivity contribution in [3.8, 4) is 39.5 Å². The fourth-order valence-corrected chi connectivity index (χ4v) is 7.56. The van der Waals surface area contributed by atoms with Crippen LogP contribution in [0.25, 0.3) is 44.7 Å². The summed E-state index contributed by atoms with van der Waals surface area (Å²) in [7, 11) is 2.15. The molecule has 3 aromatic carbocycles. The summed E-state index contributed by atoms with van der Waals surface area (Å²) < 4.78 is 9.27. The Morgan fingerprint density at radius 1 is 0.800 bits per heavy atom. The first-order valence-electron chi connectivity index (χ1n) is 15.9. The molecule has 6 aromatic rings. The Balaban J connectivity index is 1.17. The lowest BCUT2D eigenvalue weighted by Gasteiger charge is -2.28. The molecule has 0 bridgehead atoms. The van der Waals surface area contributed by atoms with E-state index >= 15 is 0 Å². The number of imidazole rings is 2. The number of halogens is 1. The highest BCUT2D eigenvalue weighted by Gasteiger charge is 2.33. The average molecular weight is 616 g/mol. The van der Waals surface area contributed by atoms with Gasteiger partial charge in [-0.2, -0.15) is 0 Å². The van der Waals surface area contributed by atoms with Crippen LogP contribution in [0.3, 0.4) is 0 Å². The third-order valence-electron chi connectivity index (χ3n) is 9.75. The van der Waals surface area contributed by atoms with E-state index in [9.17, 15) is 0 Å². The average Bonchev–Trinajstić information content (AvgIpc) is 3.91. The lowest BCUT2D eigenvalue weighted by Crippen LogP contribution is -2.16. The van der Waals surface area contributed by atoms with Crippen molar-refractivity contribution in [2.24, 2.45) is 7.05 Å². The number of ether oxygens (including phenoxy) is 1. The third-order valence-corrected chi connectivity index (χ3v) is 10.0. The number of aryl methyl sites for hydroxylation is 1. The van der Waals surface area contributed by atoms with Crippen molar-refractivity contribution in [2.45, 2.75) is 43.9 Å². The molecule has 8 nitrogen and oxygen atoms in total. The SMILES string of the molecule is Cn1c2c(c3cc(-c4cnc(C5CCCN5)[nH]4)ccc31)C(c1ccc(Cl)cc1)Oc1cc(-c3cnc(C4CCCN4)[nH]3)ccc1-2. The molecule has 0 amide bonds. The summed E-state index contributed by atoms with van der Waals surface area (Å²) in [5.74, 6) is 2.85. The van der Waals surface area contributed by atoms with Crippen molar-refractivity contribution in [3.63, 3.8) is 0 Å². The van der Waals surface area contributed by atoms with Gasteiger partial charge in [-0.3, -0.25) is 0 Å². The zero-order chi connectivity index (χ0) is 30.1. The van der Waals surface area contributed by atoms with Crippen LogP contribution >= 0.6 is 11.6 Å². The van der Waals surface area contributed by atoms with E-state index in [-0.39, 0.29) is 12.1 Å². The Morgan fingerprint density at radius 3 is 2.09 bits per heavy atom. The van der Waals surface area contributed by atoms with Crippen molar-refractivity contribution in [1.82, 2.24) is 35.1 Å². The Labute approximate surface area is 266 Å². The van der Waals surface area contributed by atoms with E-state index in [2.05, 4.69) is 80.7 Å². The number of H-pyrrole nitrogens is 2. The van der Waals surface area contributed by atoms with Crippen LogP contribution in [0, 0.1) is 0 Å². The Bertz CT molecular complexity index is 2040. The molecule has 45 heavy (non-hydrogen) atoms. The maximum Gasteiger partial charge on any atom is 0.152 e. The van der Waals surface area contributed by atoms with E-state index < -0.39 is 0 Å². The number of aromatic amines is 2. The van der Waals surface area contributed by atoms with Gasteiger partial charge in [0.25, 0.3) is 0 Å². The lowest BCUT2D eigenvalue weighted by molar-refractivity contribution is 0.245. The number of nitrogens with zero attached hydrogens (tertiary/aromatic N) is 3. The van der Waals surface area contributed by atoms with Crippen LogP contribution in [0.1, 0.15) is 66.6 Å². The summed E-state index contributed by atoms with van der Waals surface area (Å²) in [6.07, 6.45) is 8.16. The molecular weight excluding hydrogens is 582 g/mol. The number of fused-ring (bicyclic) bond motifs is 5. The molecule has 3 aliphatic rings. The van der Waals surface area contributed by atoms with E-state index in [1.165, 1.54) is 12.8 Å². The predicted octanol–water partition coefficient (Wildman–Crippen LogP) is 7.61. The minimum Gasteiger partial charge on any atom is -0.480 e. The Morgan fingerprint density at radius 2 is 1.44 bits per heavy atom. The van der Waals surface area contributed by atoms with E-state index in [0.29, 0.717) is 11.1 Å². The molecule has 3 aromatic heterocycles. The first-order chi connectivity index (χ1) is 22.1. The van der Waals surface area contributed by atoms with Crippen molar-refractivity contribution in [1.29, 1.82) is 0 Å². The monoisotopic (exact) mass is 615 g/mol. The van der Waals surface area contributed by atoms with E-state index in [1.807, 2.05) is 24.5 Å². The molecule has 2 fully saturated rings. The number of hydrogen-bond donors (Lipinski definition) is 4. The number of nitrogens with one attached hydrogen (secondary N) is 4. The van der Waals surface area contributed by atoms with E-state index in [4.69, 9.17) is 26.3 Å². The van der Waals surface area contributed by atoms with Crippen LogP contribution in [0.5, 0.6) is 5.75 Å². The largest absolute Gasteiger partial charge is 0.480 e. The van der Waals surface area contributed by atoms with Crippen molar-refractivity contribution in [3.05, 3.63) is 101 Å². The van der Waals surface area contributed by atoms with Gasteiger partial charge in [0.05, 0.1) is 41.6 Å². The molecule has 9 heteroatoms. The standard InChI is InChI=1S/C36H34ClN7O/c1-44-30-13-9-21(28-18-40-35(42-28)26-4-2-14-38-26)16-25(30)32-33(44)24-12-8-22(29-19-41-36(43-29)27-5-3-15-39-27)17-31(24)45-34(32)20-6-10-23(37)11-7-20/h6-13,16-19,26-27,34,38-39H,2-5,14-15H2,1H3,(H,40,42)(H,41,43). The van der Waals surface area contributed by atoms with Crippen LogP contribution in [0.2, 0.25) is 5.02 Å². The molecule has 3 atom stereocenters. The molecule has 0 saturated carbocycles. The van der Waals surface area contributed by atoms with Gasteiger partial charge in [0.2, 0.25) is 0 Å². The molecule has 226 valence electrons. The molecule has 9 rings (SSSR count). The zero-order valence-corrected chi connectivity index (χ0v) is 25.8. The normalized spacial score (nSPS) is 20.8. The van der Waals surface area contributed by atoms with Crippen LogP contribution < -0.4 is 15.4 Å². The van der Waals surface area contributed by atoms with Gasteiger partial charge < -0.3 is 29.9 Å². The second kappa shape index (κ2) is 10.6. The summed E-state index contributed by atoms with van der Waals surface area (Å²) in [5.41, 5.74) is 9.78. The minimum absolute atomic E-state index is 0.290. The Hall–Kier alpha value is -4.37. The molecular formula is C36H34ClN7O. The van der Waals surface area contributed by atoms with Crippen LogP contribution in [-0.4, -0.2) is 37.6 Å². The third kappa shape index (κ3) is 4.50. The van der Waals surface area contributed by atoms with Crippen molar-refractivity contribution < 1.29 is 4.74 Å². The smallest absolute Gasteiger partial charge is 0.152 e. The van der Waals surface area contributed by atoms with Crippen molar-refractivity contribution in [2.75, 3.05) is 13.1 Å². The molecule has 3 aliphatic heterocycles. The fraction of sp³-hybridized carbons (Fsp3) is 0.278. The van der Waals surface area contributed by atoms with Crippen LogP contribution in [-0.2, 0) is 7.05 Å². The molecule has 4 N–H and O–H groups in total. The first kappa shape index (κ1) is 27.0.